The summed E-state index contributed by atoms with van der Waals surface area (Å²) in [5, 5.41) is 9.36. The van der Waals surface area contributed by atoms with Crippen LogP contribution in [0.4, 0.5) is 18.9 Å². The molecule has 0 bridgehead atoms. The van der Waals surface area contributed by atoms with Gasteiger partial charge >= 0.3 is 0 Å². The maximum absolute atomic E-state index is 14.7. The highest BCUT2D eigenvalue weighted by Crippen LogP contribution is 2.33. The Morgan fingerprint density at radius 1 is 1.06 bits per heavy atom. The van der Waals surface area contributed by atoms with Gasteiger partial charge in [-0.25, -0.2) is 21.6 Å². The van der Waals surface area contributed by atoms with Crippen LogP contribution in [0.5, 0.6) is 5.75 Å². The second-order valence-corrected chi connectivity index (χ2v) is 11.2. The molecule has 2 aromatic carbocycles. The standard InChI is InChI=1S/C25H26F3N3O4S/c1-15-21(26)19(14-29)24(23(28)22(15)27)30-9-11-31(12-10-30)25(32)18-13-17(36(2,33)34)7-8-20(18)35-16-5-3-4-6-16/h7-8,13,16H,3-6,9-12H2,1-2H3. The molecule has 2 fully saturated rings. The van der Waals surface area contributed by atoms with Crippen LogP contribution >= 0.6 is 0 Å². The number of benzene rings is 2. The van der Waals surface area contributed by atoms with Gasteiger partial charge in [0.2, 0.25) is 0 Å². The third-order valence-corrected chi connectivity index (χ3v) is 7.83. The van der Waals surface area contributed by atoms with E-state index in [2.05, 4.69) is 0 Å². The van der Waals surface area contributed by atoms with Crippen molar-refractivity contribution in [1.29, 1.82) is 5.26 Å². The fourth-order valence-corrected chi connectivity index (χ4v) is 5.31. The molecule has 0 radical (unpaired) electrons. The number of rotatable bonds is 5. The Kier molecular flexibility index (Phi) is 7.18. The second-order valence-electron chi connectivity index (χ2n) is 9.14. The Balaban J connectivity index is 1.59. The van der Waals surface area contributed by atoms with Crippen LogP contribution in [0.15, 0.2) is 23.1 Å². The third kappa shape index (κ3) is 4.87. The van der Waals surface area contributed by atoms with Gasteiger partial charge in [0.25, 0.3) is 5.91 Å². The maximum Gasteiger partial charge on any atom is 0.257 e. The molecule has 0 spiro atoms. The minimum absolute atomic E-state index is 0.0177. The lowest BCUT2D eigenvalue weighted by molar-refractivity contribution is 0.0738. The number of sulfone groups is 1. The first-order chi connectivity index (χ1) is 17.0. The van der Waals surface area contributed by atoms with Gasteiger partial charge in [-0.15, -0.1) is 0 Å². The molecule has 4 rings (SSSR count). The van der Waals surface area contributed by atoms with Crippen molar-refractivity contribution >= 4 is 21.4 Å². The van der Waals surface area contributed by atoms with Gasteiger partial charge in [0.15, 0.2) is 21.5 Å². The Labute approximate surface area is 208 Å². The molecule has 2 aromatic rings. The summed E-state index contributed by atoms with van der Waals surface area (Å²) in [5.41, 5.74) is -1.51. The molecule has 192 valence electrons. The van der Waals surface area contributed by atoms with Crippen LogP contribution in [-0.4, -0.2) is 57.8 Å². The lowest BCUT2D eigenvalue weighted by Crippen LogP contribution is -2.49. The summed E-state index contributed by atoms with van der Waals surface area (Å²) in [6.45, 7) is 1.22. The Morgan fingerprint density at radius 3 is 2.28 bits per heavy atom. The van der Waals surface area contributed by atoms with E-state index in [-0.39, 0.29) is 42.7 Å². The van der Waals surface area contributed by atoms with E-state index in [4.69, 9.17) is 4.74 Å². The number of anilines is 1. The van der Waals surface area contributed by atoms with E-state index in [0.717, 1.165) is 38.9 Å². The zero-order valence-electron chi connectivity index (χ0n) is 20.0. The van der Waals surface area contributed by atoms with Crippen molar-refractivity contribution in [3.63, 3.8) is 0 Å². The van der Waals surface area contributed by atoms with Crippen LogP contribution in [0.2, 0.25) is 0 Å². The largest absolute Gasteiger partial charge is 0.490 e. The Morgan fingerprint density at radius 2 is 1.69 bits per heavy atom. The topological polar surface area (TPSA) is 90.7 Å². The lowest BCUT2D eigenvalue weighted by atomic mass is 10.1. The van der Waals surface area contributed by atoms with Crippen molar-refractivity contribution in [1.82, 2.24) is 4.90 Å². The summed E-state index contributed by atoms with van der Waals surface area (Å²) in [6, 6.07) is 5.81. The molecular formula is C25H26F3N3O4S. The van der Waals surface area contributed by atoms with Crippen LogP contribution in [-0.2, 0) is 9.84 Å². The molecule has 0 N–H and O–H groups in total. The summed E-state index contributed by atoms with van der Waals surface area (Å²) >= 11 is 0. The van der Waals surface area contributed by atoms with Crippen molar-refractivity contribution in [2.75, 3.05) is 37.3 Å². The van der Waals surface area contributed by atoms with Crippen molar-refractivity contribution in [2.24, 2.45) is 0 Å². The zero-order chi connectivity index (χ0) is 26.2. The molecule has 36 heavy (non-hydrogen) atoms. The number of piperazine rings is 1. The highest BCUT2D eigenvalue weighted by atomic mass is 32.2. The average Bonchev–Trinajstić information content (AvgIpc) is 3.37. The third-order valence-electron chi connectivity index (χ3n) is 6.72. The predicted octanol–water partition coefficient (Wildman–Crippen LogP) is 3.97. The number of carbonyl (C=O) groups excluding carboxylic acids is 1. The summed E-state index contributed by atoms with van der Waals surface area (Å²) < 4.78 is 73.6. The van der Waals surface area contributed by atoms with E-state index in [1.165, 1.54) is 28.0 Å². The van der Waals surface area contributed by atoms with Crippen LogP contribution in [0.1, 0.15) is 47.2 Å². The Bertz CT molecular complexity index is 1340. The molecule has 1 saturated carbocycles. The quantitative estimate of drug-likeness (QED) is 0.553. The van der Waals surface area contributed by atoms with Gasteiger partial charge in [0.1, 0.15) is 23.2 Å². The van der Waals surface area contributed by atoms with E-state index >= 15 is 0 Å². The Hall–Kier alpha value is -3.26. The lowest BCUT2D eigenvalue weighted by Gasteiger charge is -2.37. The maximum atomic E-state index is 14.7. The van der Waals surface area contributed by atoms with Crippen LogP contribution in [0, 0.1) is 35.7 Å². The molecule has 7 nitrogen and oxygen atoms in total. The summed E-state index contributed by atoms with van der Waals surface area (Å²) in [4.78, 5) is 16.2. The number of nitriles is 1. The van der Waals surface area contributed by atoms with Gasteiger partial charge < -0.3 is 14.5 Å². The first kappa shape index (κ1) is 25.8. The summed E-state index contributed by atoms with van der Waals surface area (Å²) in [7, 11) is -3.58. The van der Waals surface area contributed by atoms with Crippen LogP contribution < -0.4 is 9.64 Å². The van der Waals surface area contributed by atoms with E-state index < -0.39 is 50.0 Å². The monoisotopic (exact) mass is 521 g/mol. The summed E-state index contributed by atoms with van der Waals surface area (Å²) in [5.74, 6) is -3.95. The molecule has 1 aliphatic carbocycles. The number of nitrogens with zero attached hydrogens (tertiary/aromatic N) is 3. The van der Waals surface area contributed by atoms with Gasteiger partial charge in [-0.3, -0.25) is 4.79 Å². The number of halogens is 3. The highest BCUT2D eigenvalue weighted by molar-refractivity contribution is 7.90. The summed E-state index contributed by atoms with van der Waals surface area (Å²) in [6.07, 6.45) is 4.70. The number of ether oxygens (including phenoxy) is 1. The fourth-order valence-electron chi connectivity index (χ4n) is 4.66. The van der Waals surface area contributed by atoms with E-state index in [1.54, 1.807) is 6.07 Å². The van der Waals surface area contributed by atoms with Crippen molar-refractivity contribution in [3.8, 4) is 11.8 Å². The average molecular weight is 522 g/mol. The normalized spacial score (nSPS) is 16.8. The molecule has 1 amide bonds. The highest BCUT2D eigenvalue weighted by Gasteiger charge is 2.31. The molecular weight excluding hydrogens is 495 g/mol. The molecule has 1 aliphatic heterocycles. The van der Waals surface area contributed by atoms with Crippen molar-refractivity contribution in [3.05, 3.63) is 52.3 Å². The fraction of sp³-hybridized carbons (Fsp3) is 0.440. The van der Waals surface area contributed by atoms with Gasteiger partial charge in [-0.1, -0.05) is 0 Å². The number of amides is 1. The first-order valence-corrected chi connectivity index (χ1v) is 13.5. The number of hydrogen-bond donors (Lipinski definition) is 0. The molecule has 0 aromatic heterocycles. The molecule has 0 atom stereocenters. The molecule has 2 aliphatic rings. The van der Waals surface area contributed by atoms with Crippen molar-refractivity contribution in [2.45, 2.75) is 43.6 Å². The predicted molar refractivity (Wildman–Crippen MR) is 126 cm³/mol. The van der Waals surface area contributed by atoms with Crippen LogP contribution in [0.3, 0.4) is 0 Å². The van der Waals surface area contributed by atoms with Gasteiger partial charge in [0, 0.05) is 38.0 Å². The van der Waals surface area contributed by atoms with E-state index in [1.807, 2.05) is 0 Å². The van der Waals surface area contributed by atoms with Gasteiger partial charge in [-0.05, 0) is 50.8 Å². The van der Waals surface area contributed by atoms with Crippen LogP contribution in [0.25, 0.3) is 0 Å². The smallest absolute Gasteiger partial charge is 0.257 e. The van der Waals surface area contributed by atoms with E-state index in [0.29, 0.717) is 5.75 Å². The van der Waals surface area contributed by atoms with Gasteiger partial charge in [0.05, 0.1) is 22.3 Å². The number of hydrogen-bond acceptors (Lipinski definition) is 6. The minimum atomic E-state index is -3.58. The SMILES string of the molecule is Cc1c(F)c(F)c(N2CCN(C(=O)c3cc(S(C)(=O)=O)ccc3OC3CCCC3)CC2)c(C#N)c1F. The second kappa shape index (κ2) is 10.0. The molecule has 1 saturated heterocycles. The van der Waals surface area contributed by atoms with Crippen molar-refractivity contribution < 1.29 is 31.1 Å². The zero-order valence-corrected chi connectivity index (χ0v) is 20.8. The number of carbonyl (C=O) groups is 1. The minimum Gasteiger partial charge on any atom is -0.490 e. The van der Waals surface area contributed by atoms with E-state index in [9.17, 15) is 31.6 Å². The molecule has 0 unspecified atom stereocenters. The van der Waals surface area contributed by atoms with Gasteiger partial charge in [-0.2, -0.15) is 5.26 Å². The molecule has 11 heteroatoms. The first-order valence-electron chi connectivity index (χ1n) is 11.6. The molecule has 1 heterocycles.